The van der Waals surface area contributed by atoms with Crippen molar-refractivity contribution in [3.63, 3.8) is 0 Å². The first-order chi connectivity index (χ1) is 8.40. The van der Waals surface area contributed by atoms with E-state index < -0.39 is 0 Å². The van der Waals surface area contributed by atoms with E-state index in [0.29, 0.717) is 12.6 Å². The second-order valence-corrected chi connectivity index (χ2v) is 5.36. The first-order valence-electron chi connectivity index (χ1n) is 6.65. The minimum atomic E-state index is 0.0764. The van der Waals surface area contributed by atoms with E-state index in [-0.39, 0.29) is 17.9 Å². The van der Waals surface area contributed by atoms with E-state index in [9.17, 15) is 9.59 Å². The van der Waals surface area contributed by atoms with E-state index in [1.807, 2.05) is 16.8 Å². The van der Waals surface area contributed by atoms with Gasteiger partial charge in [0.1, 0.15) is 0 Å². The van der Waals surface area contributed by atoms with Gasteiger partial charge >= 0.3 is 0 Å². The average Bonchev–Trinajstić information content (AvgIpc) is 2.29. The summed E-state index contributed by atoms with van der Waals surface area (Å²) in [6.07, 6.45) is 1.72. The highest BCUT2D eigenvalue weighted by molar-refractivity contribution is 5.78. The molecule has 0 saturated carbocycles. The summed E-state index contributed by atoms with van der Waals surface area (Å²) in [6, 6.07) is 0.587. The highest BCUT2D eigenvalue weighted by atomic mass is 16.2. The number of rotatable bonds is 4. The van der Waals surface area contributed by atoms with E-state index in [4.69, 9.17) is 0 Å². The third-order valence-electron chi connectivity index (χ3n) is 3.58. The summed E-state index contributed by atoms with van der Waals surface area (Å²) < 4.78 is 0. The highest BCUT2D eigenvalue weighted by Gasteiger charge is 2.22. The molecule has 0 aromatic heterocycles. The molecule has 0 unspecified atom stereocenters. The van der Waals surface area contributed by atoms with Gasteiger partial charge in [-0.25, -0.2) is 0 Å². The van der Waals surface area contributed by atoms with Crippen molar-refractivity contribution in [1.29, 1.82) is 0 Å². The van der Waals surface area contributed by atoms with Crippen LogP contribution >= 0.6 is 0 Å². The molecule has 0 aromatic rings. The molecule has 5 nitrogen and oxygen atoms in total. The number of hydrogen-bond donors (Lipinski definition) is 1. The van der Waals surface area contributed by atoms with Gasteiger partial charge in [-0.1, -0.05) is 0 Å². The molecule has 0 bridgehead atoms. The zero-order chi connectivity index (χ0) is 13.7. The van der Waals surface area contributed by atoms with Gasteiger partial charge in [-0.2, -0.15) is 0 Å². The quantitative estimate of drug-likeness (QED) is 0.794. The van der Waals surface area contributed by atoms with Crippen molar-refractivity contribution < 1.29 is 9.59 Å². The van der Waals surface area contributed by atoms with Gasteiger partial charge < -0.3 is 10.2 Å². The Labute approximate surface area is 110 Å². The Morgan fingerprint density at radius 1 is 1.33 bits per heavy atom. The molecule has 1 heterocycles. The van der Waals surface area contributed by atoms with Gasteiger partial charge in [0.2, 0.25) is 11.8 Å². The molecule has 104 valence electrons. The van der Waals surface area contributed by atoms with Gasteiger partial charge in [-0.3, -0.25) is 14.5 Å². The summed E-state index contributed by atoms with van der Waals surface area (Å²) in [5.41, 5.74) is 0. The Morgan fingerprint density at radius 3 is 2.33 bits per heavy atom. The first kappa shape index (κ1) is 15.0. The Morgan fingerprint density at radius 2 is 1.89 bits per heavy atom. The number of nitrogens with one attached hydrogen (secondary N) is 1. The summed E-state index contributed by atoms with van der Waals surface area (Å²) in [7, 11) is 1.95. The number of amides is 2. The molecular formula is C13H25N3O2. The lowest BCUT2D eigenvalue weighted by atomic mass is 10.1. The van der Waals surface area contributed by atoms with Crippen molar-refractivity contribution in [3.8, 4) is 0 Å². The Kier molecular flexibility index (Phi) is 5.59. The fraction of sp³-hybridized carbons (Fsp3) is 0.846. The molecule has 0 aromatic carbocycles. The van der Waals surface area contributed by atoms with Crippen LogP contribution in [0.5, 0.6) is 0 Å². The van der Waals surface area contributed by atoms with Gasteiger partial charge in [0.05, 0.1) is 6.54 Å². The van der Waals surface area contributed by atoms with Gasteiger partial charge in [-0.15, -0.1) is 0 Å². The topological polar surface area (TPSA) is 52.7 Å². The summed E-state index contributed by atoms with van der Waals surface area (Å²) in [5, 5.41) is 3.05. The zero-order valence-electron chi connectivity index (χ0n) is 11.9. The number of likely N-dealkylation sites (tertiary alicyclic amines) is 1. The largest absolute Gasteiger partial charge is 0.352 e. The smallest absolute Gasteiger partial charge is 0.234 e. The fourth-order valence-electron chi connectivity index (χ4n) is 2.02. The van der Waals surface area contributed by atoms with Crippen LogP contribution in [0.15, 0.2) is 0 Å². The van der Waals surface area contributed by atoms with Crippen molar-refractivity contribution in [3.05, 3.63) is 0 Å². The van der Waals surface area contributed by atoms with E-state index in [1.54, 1.807) is 6.92 Å². The van der Waals surface area contributed by atoms with Crippen LogP contribution in [0.1, 0.15) is 33.6 Å². The van der Waals surface area contributed by atoms with Crippen molar-refractivity contribution in [2.24, 2.45) is 0 Å². The molecule has 1 saturated heterocycles. The van der Waals surface area contributed by atoms with E-state index in [2.05, 4.69) is 19.2 Å². The molecule has 1 aliphatic rings. The number of piperidine rings is 1. The summed E-state index contributed by atoms with van der Waals surface area (Å²) in [5.74, 6) is 0.201. The number of hydrogen-bond acceptors (Lipinski definition) is 3. The van der Waals surface area contributed by atoms with Crippen LogP contribution in [0.4, 0.5) is 0 Å². The van der Waals surface area contributed by atoms with Gasteiger partial charge in [0.15, 0.2) is 0 Å². The maximum Gasteiger partial charge on any atom is 0.234 e. The zero-order valence-corrected chi connectivity index (χ0v) is 11.9. The lowest BCUT2D eigenvalue weighted by molar-refractivity contribution is -0.130. The third-order valence-corrected chi connectivity index (χ3v) is 3.58. The van der Waals surface area contributed by atoms with E-state index in [1.165, 1.54) is 0 Å². The molecule has 1 N–H and O–H groups in total. The van der Waals surface area contributed by atoms with Gasteiger partial charge in [0, 0.05) is 32.1 Å². The fourth-order valence-corrected chi connectivity index (χ4v) is 2.02. The van der Waals surface area contributed by atoms with E-state index in [0.717, 1.165) is 25.9 Å². The predicted molar refractivity (Wildman–Crippen MR) is 71.2 cm³/mol. The Bertz CT molecular complexity index is 297. The minimum absolute atomic E-state index is 0.0764. The van der Waals surface area contributed by atoms with E-state index >= 15 is 0 Å². The number of carbonyl (C=O) groups excluding carboxylic acids is 2. The second kappa shape index (κ2) is 6.73. The molecule has 1 rings (SSSR count). The molecule has 0 atom stereocenters. The lowest BCUT2D eigenvalue weighted by Gasteiger charge is -2.32. The lowest BCUT2D eigenvalue weighted by Crippen LogP contribution is -2.48. The summed E-state index contributed by atoms with van der Waals surface area (Å²) in [4.78, 5) is 26.8. The number of likely N-dealkylation sites (N-methyl/N-ethyl adjacent to an activating group) is 1. The molecule has 1 fully saturated rings. The van der Waals surface area contributed by atoms with Crippen molar-refractivity contribution in [2.45, 2.75) is 45.7 Å². The number of carbonyl (C=O) groups is 2. The molecule has 18 heavy (non-hydrogen) atoms. The van der Waals surface area contributed by atoms with Crippen LogP contribution in [0, 0.1) is 0 Å². The molecule has 0 spiro atoms. The van der Waals surface area contributed by atoms with Crippen molar-refractivity contribution in [1.82, 2.24) is 15.1 Å². The monoisotopic (exact) mass is 255 g/mol. The van der Waals surface area contributed by atoms with Gasteiger partial charge in [0.25, 0.3) is 0 Å². The minimum Gasteiger partial charge on any atom is -0.352 e. The molecule has 2 amide bonds. The average molecular weight is 255 g/mol. The molecular weight excluding hydrogens is 230 g/mol. The molecule has 0 aliphatic carbocycles. The van der Waals surface area contributed by atoms with Crippen LogP contribution in [-0.2, 0) is 9.59 Å². The van der Waals surface area contributed by atoms with Gasteiger partial charge in [-0.05, 0) is 33.7 Å². The molecule has 5 heteroatoms. The molecule has 1 aliphatic heterocycles. The summed E-state index contributed by atoms with van der Waals surface area (Å²) in [6.45, 7) is 7.67. The molecule has 0 radical (unpaired) electrons. The first-order valence-corrected chi connectivity index (χ1v) is 6.65. The maximum atomic E-state index is 11.8. The standard InChI is InChI=1S/C13H25N3O2/c1-10(2)15(4)9-13(18)14-12-5-7-16(8-6-12)11(3)17/h10,12H,5-9H2,1-4H3,(H,14,18). The van der Waals surface area contributed by atoms with Crippen LogP contribution in [0.2, 0.25) is 0 Å². The SMILES string of the molecule is CC(=O)N1CCC(NC(=O)CN(C)C(C)C)CC1. The Hall–Kier alpha value is -1.10. The van der Waals surface area contributed by atoms with Crippen LogP contribution in [0.25, 0.3) is 0 Å². The van der Waals surface area contributed by atoms with Crippen molar-refractivity contribution >= 4 is 11.8 Å². The maximum absolute atomic E-state index is 11.8. The van der Waals surface area contributed by atoms with Crippen LogP contribution < -0.4 is 5.32 Å². The predicted octanol–water partition coefficient (Wildman–Crippen LogP) is 0.454. The number of nitrogens with zero attached hydrogens (tertiary/aromatic N) is 2. The van der Waals surface area contributed by atoms with Crippen molar-refractivity contribution in [2.75, 3.05) is 26.7 Å². The van der Waals surface area contributed by atoms with Crippen LogP contribution in [0.3, 0.4) is 0 Å². The Balaban J connectivity index is 2.28. The highest BCUT2D eigenvalue weighted by Crippen LogP contribution is 2.10. The normalized spacial score (nSPS) is 17.3. The van der Waals surface area contributed by atoms with Crippen LogP contribution in [-0.4, -0.2) is 60.4 Å². The third kappa shape index (κ3) is 4.64. The second-order valence-electron chi connectivity index (χ2n) is 5.36. The summed E-state index contributed by atoms with van der Waals surface area (Å²) >= 11 is 0.